The SMILES string of the molecule is COC(=O)COc1ccc(CC(C)NCC(O)c2cccc(Cl)c2)cc1Br. The van der Waals surface area contributed by atoms with Crippen LogP contribution in [0.2, 0.25) is 5.02 Å². The quantitative estimate of drug-likeness (QED) is 0.560. The van der Waals surface area contributed by atoms with Crippen LogP contribution in [0.3, 0.4) is 0 Å². The molecule has 5 nitrogen and oxygen atoms in total. The van der Waals surface area contributed by atoms with Crippen molar-refractivity contribution in [3.05, 3.63) is 63.1 Å². The molecule has 2 rings (SSSR count). The lowest BCUT2D eigenvalue weighted by Crippen LogP contribution is -2.32. The first-order valence-corrected chi connectivity index (χ1v) is 9.71. The number of aliphatic hydroxyl groups is 1. The maximum absolute atomic E-state index is 11.2. The first-order valence-electron chi connectivity index (χ1n) is 8.54. The zero-order chi connectivity index (χ0) is 19.8. The molecule has 2 aromatic rings. The number of rotatable bonds is 9. The Balaban J connectivity index is 1.85. The lowest BCUT2D eigenvalue weighted by Gasteiger charge is -2.18. The molecule has 0 amide bonds. The van der Waals surface area contributed by atoms with E-state index in [1.165, 1.54) is 7.11 Å². The molecule has 2 aromatic carbocycles. The number of methoxy groups -OCH3 is 1. The molecule has 0 aliphatic carbocycles. The van der Waals surface area contributed by atoms with Crippen molar-refractivity contribution in [3.63, 3.8) is 0 Å². The second kappa shape index (κ2) is 10.7. The van der Waals surface area contributed by atoms with Crippen LogP contribution in [-0.2, 0) is 16.0 Å². The molecule has 146 valence electrons. The Kier molecular flexibility index (Phi) is 8.57. The molecule has 0 radical (unpaired) electrons. The van der Waals surface area contributed by atoms with E-state index in [-0.39, 0.29) is 12.6 Å². The van der Waals surface area contributed by atoms with E-state index < -0.39 is 12.1 Å². The van der Waals surface area contributed by atoms with Crippen LogP contribution in [0.4, 0.5) is 0 Å². The van der Waals surface area contributed by atoms with E-state index in [9.17, 15) is 9.90 Å². The van der Waals surface area contributed by atoms with E-state index >= 15 is 0 Å². The van der Waals surface area contributed by atoms with Crippen LogP contribution >= 0.6 is 27.5 Å². The Morgan fingerprint density at radius 1 is 1.30 bits per heavy atom. The van der Waals surface area contributed by atoms with Gasteiger partial charge in [0.2, 0.25) is 0 Å². The maximum atomic E-state index is 11.2. The number of nitrogens with one attached hydrogen (secondary N) is 1. The van der Waals surface area contributed by atoms with Gasteiger partial charge in [0.1, 0.15) is 5.75 Å². The predicted molar refractivity (Wildman–Crippen MR) is 109 cm³/mol. The molecule has 0 bridgehead atoms. The third-order valence-electron chi connectivity index (χ3n) is 4.00. The molecule has 0 saturated heterocycles. The zero-order valence-electron chi connectivity index (χ0n) is 15.2. The monoisotopic (exact) mass is 455 g/mol. The van der Waals surface area contributed by atoms with Crippen LogP contribution in [-0.4, -0.2) is 37.4 Å². The van der Waals surface area contributed by atoms with Gasteiger partial charge in [-0.3, -0.25) is 0 Å². The molecule has 2 N–H and O–H groups in total. The number of carbonyl (C=O) groups is 1. The van der Waals surface area contributed by atoms with Crippen molar-refractivity contribution in [3.8, 4) is 5.75 Å². The molecule has 0 fully saturated rings. The number of ether oxygens (including phenoxy) is 2. The van der Waals surface area contributed by atoms with Gasteiger partial charge in [0.25, 0.3) is 0 Å². The Labute approximate surface area is 172 Å². The second-order valence-corrected chi connectivity index (χ2v) is 7.50. The standard InChI is InChI=1S/C20H23BrClNO4/c1-13(23-11-18(24)15-4-3-5-16(22)10-15)8-14-6-7-19(17(21)9-14)27-12-20(25)26-2/h3-7,9-10,13,18,23-24H,8,11-12H2,1-2H3. The summed E-state index contributed by atoms with van der Waals surface area (Å²) in [4.78, 5) is 11.2. The molecule has 0 aromatic heterocycles. The number of hydrogen-bond acceptors (Lipinski definition) is 5. The highest BCUT2D eigenvalue weighted by Gasteiger charge is 2.12. The topological polar surface area (TPSA) is 67.8 Å². The maximum Gasteiger partial charge on any atom is 0.343 e. The molecule has 0 saturated carbocycles. The number of hydrogen-bond donors (Lipinski definition) is 2. The van der Waals surface area contributed by atoms with Crippen molar-refractivity contribution in [1.29, 1.82) is 0 Å². The molecule has 0 heterocycles. The summed E-state index contributed by atoms with van der Waals surface area (Å²) in [6.07, 6.45) is 0.157. The molecule has 0 aliphatic rings. The molecular weight excluding hydrogens is 434 g/mol. The summed E-state index contributed by atoms with van der Waals surface area (Å²) in [6, 6.07) is 13.1. The number of aliphatic hydroxyl groups excluding tert-OH is 1. The molecule has 7 heteroatoms. The van der Waals surface area contributed by atoms with E-state index in [0.29, 0.717) is 17.3 Å². The number of carbonyl (C=O) groups excluding carboxylic acids is 1. The van der Waals surface area contributed by atoms with E-state index in [1.807, 2.05) is 30.3 Å². The Morgan fingerprint density at radius 2 is 2.07 bits per heavy atom. The van der Waals surface area contributed by atoms with Gasteiger partial charge in [0.05, 0.1) is 17.7 Å². The molecule has 0 aliphatic heterocycles. The van der Waals surface area contributed by atoms with E-state index in [4.69, 9.17) is 16.3 Å². The molecule has 2 unspecified atom stereocenters. The molecule has 27 heavy (non-hydrogen) atoms. The average Bonchev–Trinajstić information content (AvgIpc) is 2.65. The third-order valence-corrected chi connectivity index (χ3v) is 4.86. The number of benzene rings is 2. The summed E-state index contributed by atoms with van der Waals surface area (Å²) in [5, 5.41) is 14.2. The minimum atomic E-state index is -0.619. The third kappa shape index (κ3) is 7.14. The summed E-state index contributed by atoms with van der Waals surface area (Å²) < 4.78 is 10.7. The van der Waals surface area contributed by atoms with Gasteiger partial charge in [-0.25, -0.2) is 4.79 Å². The number of esters is 1. The fourth-order valence-electron chi connectivity index (χ4n) is 2.55. The van der Waals surface area contributed by atoms with Crippen molar-refractivity contribution in [1.82, 2.24) is 5.32 Å². The van der Waals surface area contributed by atoms with Crippen molar-refractivity contribution < 1.29 is 19.4 Å². The fraction of sp³-hybridized carbons (Fsp3) is 0.350. The lowest BCUT2D eigenvalue weighted by molar-refractivity contribution is -0.142. The molecule has 2 atom stereocenters. The van der Waals surface area contributed by atoms with Gasteiger partial charge in [0.15, 0.2) is 6.61 Å². The average molecular weight is 457 g/mol. The first kappa shape index (κ1) is 21.7. The van der Waals surface area contributed by atoms with E-state index in [1.54, 1.807) is 12.1 Å². The fourth-order valence-corrected chi connectivity index (χ4v) is 3.29. The lowest BCUT2D eigenvalue weighted by atomic mass is 10.1. The van der Waals surface area contributed by atoms with Gasteiger partial charge >= 0.3 is 5.97 Å². The van der Waals surface area contributed by atoms with Crippen LogP contribution < -0.4 is 10.1 Å². The number of halogens is 2. The highest BCUT2D eigenvalue weighted by molar-refractivity contribution is 9.10. The Hall–Kier alpha value is -1.60. The van der Waals surface area contributed by atoms with Gasteiger partial charge in [-0.15, -0.1) is 0 Å². The van der Waals surface area contributed by atoms with Crippen LogP contribution in [0.15, 0.2) is 46.9 Å². The molecular formula is C20H23BrClNO4. The summed E-state index contributed by atoms with van der Waals surface area (Å²) in [7, 11) is 1.32. The summed E-state index contributed by atoms with van der Waals surface area (Å²) >= 11 is 9.42. The van der Waals surface area contributed by atoms with Crippen molar-refractivity contribution in [2.45, 2.75) is 25.5 Å². The highest BCUT2D eigenvalue weighted by atomic mass is 79.9. The summed E-state index contributed by atoms with van der Waals surface area (Å²) in [6.45, 7) is 2.36. The van der Waals surface area contributed by atoms with Crippen molar-refractivity contribution in [2.75, 3.05) is 20.3 Å². The zero-order valence-corrected chi connectivity index (χ0v) is 17.6. The minimum absolute atomic E-state index is 0.131. The normalized spacial score (nSPS) is 13.1. The molecule has 0 spiro atoms. The van der Waals surface area contributed by atoms with Crippen LogP contribution in [0.25, 0.3) is 0 Å². The van der Waals surface area contributed by atoms with Crippen LogP contribution in [0.1, 0.15) is 24.2 Å². The van der Waals surface area contributed by atoms with Crippen LogP contribution in [0, 0.1) is 0 Å². The Morgan fingerprint density at radius 3 is 2.74 bits per heavy atom. The van der Waals surface area contributed by atoms with Crippen molar-refractivity contribution >= 4 is 33.5 Å². The highest BCUT2D eigenvalue weighted by Crippen LogP contribution is 2.26. The predicted octanol–water partition coefficient (Wildman–Crippen LogP) is 3.91. The Bertz CT molecular complexity index is 771. The van der Waals surface area contributed by atoms with E-state index in [2.05, 4.69) is 32.9 Å². The van der Waals surface area contributed by atoms with Gasteiger partial charge in [0, 0.05) is 17.6 Å². The summed E-state index contributed by atoms with van der Waals surface area (Å²) in [5.41, 5.74) is 1.89. The van der Waals surface area contributed by atoms with Gasteiger partial charge in [-0.05, 0) is 64.7 Å². The van der Waals surface area contributed by atoms with Crippen LogP contribution in [0.5, 0.6) is 5.75 Å². The van der Waals surface area contributed by atoms with Gasteiger partial charge in [-0.1, -0.05) is 29.8 Å². The smallest absolute Gasteiger partial charge is 0.343 e. The minimum Gasteiger partial charge on any atom is -0.481 e. The second-order valence-electron chi connectivity index (χ2n) is 6.21. The van der Waals surface area contributed by atoms with Gasteiger partial charge < -0.3 is 19.9 Å². The van der Waals surface area contributed by atoms with E-state index in [0.717, 1.165) is 22.0 Å². The summed E-state index contributed by atoms with van der Waals surface area (Å²) in [5.74, 6) is 0.156. The van der Waals surface area contributed by atoms with Crippen molar-refractivity contribution in [2.24, 2.45) is 0 Å². The van der Waals surface area contributed by atoms with Gasteiger partial charge in [-0.2, -0.15) is 0 Å². The first-order chi connectivity index (χ1) is 12.9. The largest absolute Gasteiger partial charge is 0.481 e.